The maximum atomic E-state index is 4.66. The van der Waals surface area contributed by atoms with Crippen LogP contribution < -0.4 is 5.32 Å². The largest absolute Gasteiger partial charge is 0.364 e. The first-order chi connectivity index (χ1) is 4.93. The Balaban J connectivity index is 2.15. The minimum absolute atomic E-state index is 0.858. The lowest BCUT2D eigenvalue weighted by Gasteiger charge is -1.96. The zero-order chi connectivity index (χ0) is 7.23. The summed E-state index contributed by atoms with van der Waals surface area (Å²) < 4.78 is 4.66. The van der Waals surface area contributed by atoms with Gasteiger partial charge in [-0.05, 0) is 13.0 Å². The van der Waals surface area contributed by atoms with Crippen molar-refractivity contribution in [3.8, 4) is 0 Å². The van der Waals surface area contributed by atoms with E-state index < -0.39 is 0 Å². The van der Waals surface area contributed by atoms with E-state index in [4.69, 9.17) is 0 Å². The molecule has 0 aromatic carbocycles. The van der Waals surface area contributed by atoms with E-state index in [-0.39, 0.29) is 0 Å². The predicted molar refractivity (Wildman–Crippen MR) is 38.5 cm³/mol. The van der Waals surface area contributed by atoms with Crippen LogP contribution in [0.25, 0.3) is 0 Å². The van der Waals surface area contributed by atoms with Crippen LogP contribution >= 0.6 is 0 Å². The maximum Gasteiger partial charge on any atom is 0.128 e. The van der Waals surface area contributed by atoms with E-state index in [9.17, 15) is 0 Å². The van der Waals surface area contributed by atoms with Gasteiger partial charge in [-0.3, -0.25) is 0 Å². The molecule has 1 N–H and O–H groups in total. The van der Waals surface area contributed by atoms with Crippen LogP contribution in [-0.4, -0.2) is 11.7 Å². The molecule has 0 saturated heterocycles. The number of aromatic nitrogens is 1. The third kappa shape index (κ3) is 2.19. The fourth-order valence-corrected chi connectivity index (χ4v) is 0.723. The molecule has 0 unspecified atom stereocenters. The summed E-state index contributed by atoms with van der Waals surface area (Å²) in [6.07, 6.45) is 4.54. The standard InChI is InChI=1S/C7H12N2O/c1-2-3-8-4-7-5-9-10-6-7/h5-6,8H,2-4H2,1H3. The summed E-state index contributed by atoms with van der Waals surface area (Å²) in [4.78, 5) is 0. The van der Waals surface area contributed by atoms with Gasteiger partial charge in [-0.1, -0.05) is 12.1 Å². The van der Waals surface area contributed by atoms with Crippen molar-refractivity contribution in [2.24, 2.45) is 0 Å². The van der Waals surface area contributed by atoms with Crippen molar-refractivity contribution in [3.63, 3.8) is 0 Å². The van der Waals surface area contributed by atoms with Crippen LogP contribution in [0.4, 0.5) is 0 Å². The van der Waals surface area contributed by atoms with Gasteiger partial charge in [0.05, 0.1) is 6.20 Å². The quantitative estimate of drug-likeness (QED) is 0.638. The first-order valence-corrected chi connectivity index (χ1v) is 3.52. The van der Waals surface area contributed by atoms with Crippen molar-refractivity contribution >= 4 is 0 Å². The molecule has 0 saturated carbocycles. The third-order valence-electron chi connectivity index (χ3n) is 1.24. The van der Waals surface area contributed by atoms with Crippen molar-refractivity contribution in [1.82, 2.24) is 10.5 Å². The summed E-state index contributed by atoms with van der Waals surface area (Å²) in [5.74, 6) is 0. The highest BCUT2D eigenvalue weighted by molar-refractivity contribution is 4.98. The van der Waals surface area contributed by atoms with Gasteiger partial charge in [0.15, 0.2) is 0 Å². The van der Waals surface area contributed by atoms with Crippen molar-refractivity contribution in [2.75, 3.05) is 6.54 Å². The molecular weight excluding hydrogens is 128 g/mol. The molecule has 1 rings (SSSR count). The highest BCUT2D eigenvalue weighted by Crippen LogP contribution is 1.94. The van der Waals surface area contributed by atoms with E-state index in [1.807, 2.05) is 0 Å². The minimum Gasteiger partial charge on any atom is -0.364 e. The molecule has 0 atom stereocenters. The normalized spacial score (nSPS) is 10.1. The molecule has 0 amide bonds. The highest BCUT2D eigenvalue weighted by Gasteiger charge is 1.91. The molecule has 3 heteroatoms. The Morgan fingerprint density at radius 2 is 2.60 bits per heavy atom. The first-order valence-electron chi connectivity index (χ1n) is 3.52. The average Bonchev–Trinajstić information content (AvgIpc) is 2.41. The van der Waals surface area contributed by atoms with Crippen LogP contribution in [0.5, 0.6) is 0 Å². The Kier molecular flexibility index (Phi) is 2.96. The van der Waals surface area contributed by atoms with Crippen LogP contribution in [0, 0.1) is 0 Å². The second-order valence-electron chi connectivity index (χ2n) is 2.21. The molecule has 1 aromatic heterocycles. The summed E-state index contributed by atoms with van der Waals surface area (Å²) in [5.41, 5.74) is 1.11. The molecule has 1 heterocycles. The van der Waals surface area contributed by atoms with E-state index in [0.717, 1.165) is 25.1 Å². The maximum absolute atomic E-state index is 4.66. The molecule has 0 radical (unpaired) electrons. The van der Waals surface area contributed by atoms with Gasteiger partial charge in [0.2, 0.25) is 0 Å². The minimum atomic E-state index is 0.858. The van der Waals surface area contributed by atoms with Gasteiger partial charge in [-0.2, -0.15) is 0 Å². The van der Waals surface area contributed by atoms with Gasteiger partial charge in [-0.25, -0.2) is 0 Å². The second-order valence-corrected chi connectivity index (χ2v) is 2.21. The van der Waals surface area contributed by atoms with Crippen LogP contribution in [0.15, 0.2) is 17.0 Å². The fraction of sp³-hybridized carbons (Fsp3) is 0.571. The average molecular weight is 140 g/mol. The summed E-state index contributed by atoms with van der Waals surface area (Å²) >= 11 is 0. The van der Waals surface area contributed by atoms with Gasteiger partial charge in [0.1, 0.15) is 6.26 Å². The molecule has 0 fully saturated rings. The number of nitrogens with zero attached hydrogens (tertiary/aromatic N) is 1. The number of rotatable bonds is 4. The zero-order valence-electron chi connectivity index (χ0n) is 6.13. The highest BCUT2D eigenvalue weighted by atomic mass is 16.5. The molecular formula is C7H12N2O. The first kappa shape index (κ1) is 7.28. The third-order valence-corrected chi connectivity index (χ3v) is 1.24. The molecule has 1 aromatic rings. The Hall–Kier alpha value is -0.830. The molecule has 0 aliphatic heterocycles. The van der Waals surface area contributed by atoms with Gasteiger partial charge in [-0.15, -0.1) is 0 Å². The summed E-state index contributed by atoms with van der Waals surface area (Å²) in [5, 5.41) is 6.82. The van der Waals surface area contributed by atoms with Crippen LogP contribution in [0.3, 0.4) is 0 Å². The number of hydrogen-bond donors (Lipinski definition) is 1. The lowest BCUT2D eigenvalue weighted by atomic mass is 10.3. The monoisotopic (exact) mass is 140 g/mol. The van der Waals surface area contributed by atoms with Gasteiger partial charge < -0.3 is 9.84 Å². The second kappa shape index (κ2) is 4.06. The summed E-state index contributed by atoms with van der Waals surface area (Å²) in [7, 11) is 0. The Morgan fingerprint density at radius 1 is 1.70 bits per heavy atom. The van der Waals surface area contributed by atoms with Crippen molar-refractivity contribution in [3.05, 3.63) is 18.0 Å². The predicted octanol–water partition coefficient (Wildman–Crippen LogP) is 1.17. The van der Waals surface area contributed by atoms with E-state index in [0.29, 0.717) is 0 Å². The summed E-state index contributed by atoms with van der Waals surface area (Å²) in [6, 6.07) is 0. The Morgan fingerprint density at radius 3 is 3.20 bits per heavy atom. The lowest BCUT2D eigenvalue weighted by molar-refractivity contribution is 0.418. The van der Waals surface area contributed by atoms with Gasteiger partial charge in [0, 0.05) is 12.1 Å². The van der Waals surface area contributed by atoms with Gasteiger partial charge in [0.25, 0.3) is 0 Å². The fourth-order valence-electron chi connectivity index (χ4n) is 0.723. The van der Waals surface area contributed by atoms with E-state index in [2.05, 4.69) is 21.9 Å². The van der Waals surface area contributed by atoms with Crippen molar-refractivity contribution in [1.29, 1.82) is 0 Å². The smallest absolute Gasteiger partial charge is 0.128 e. The van der Waals surface area contributed by atoms with E-state index >= 15 is 0 Å². The number of nitrogens with one attached hydrogen (secondary N) is 1. The molecule has 0 aliphatic carbocycles. The van der Waals surface area contributed by atoms with Crippen molar-refractivity contribution < 1.29 is 4.52 Å². The van der Waals surface area contributed by atoms with Gasteiger partial charge >= 0.3 is 0 Å². The Bertz CT molecular complexity index is 160. The SMILES string of the molecule is CCCNCc1cnoc1. The lowest BCUT2D eigenvalue weighted by Crippen LogP contribution is -2.12. The van der Waals surface area contributed by atoms with E-state index in [1.165, 1.54) is 0 Å². The molecule has 10 heavy (non-hydrogen) atoms. The summed E-state index contributed by atoms with van der Waals surface area (Å²) in [6.45, 7) is 4.04. The molecule has 0 spiro atoms. The number of hydrogen-bond acceptors (Lipinski definition) is 3. The molecule has 0 aliphatic rings. The van der Waals surface area contributed by atoms with E-state index in [1.54, 1.807) is 12.5 Å². The van der Waals surface area contributed by atoms with Crippen LogP contribution in [0.2, 0.25) is 0 Å². The van der Waals surface area contributed by atoms with Crippen molar-refractivity contribution in [2.45, 2.75) is 19.9 Å². The molecule has 56 valence electrons. The molecule has 3 nitrogen and oxygen atoms in total. The topological polar surface area (TPSA) is 38.1 Å². The Labute approximate surface area is 60.4 Å². The molecule has 0 bridgehead atoms. The zero-order valence-corrected chi connectivity index (χ0v) is 6.13. The van der Waals surface area contributed by atoms with Crippen LogP contribution in [0.1, 0.15) is 18.9 Å². The van der Waals surface area contributed by atoms with Crippen LogP contribution in [-0.2, 0) is 6.54 Å².